The van der Waals surface area contributed by atoms with Gasteiger partial charge in [-0.25, -0.2) is 0 Å². The molecule has 1 atom stereocenters. The Bertz CT molecular complexity index is 455. The van der Waals surface area contributed by atoms with Gasteiger partial charge in [0.1, 0.15) is 6.10 Å². The summed E-state index contributed by atoms with van der Waals surface area (Å²) in [6.07, 6.45) is -0.383. The van der Waals surface area contributed by atoms with E-state index in [0.29, 0.717) is 6.54 Å². The van der Waals surface area contributed by atoms with Crippen LogP contribution in [0.15, 0.2) is 24.3 Å². The van der Waals surface area contributed by atoms with E-state index in [9.17, 15) is 8.42 Å². The summed E-state index contributed by atoms with van der Waals surface area (Å²) in [6, 6.07) is 7.58. The van der Waals surface area contributed by atoms with E-state index >= 15 is 0 Å². The van der Waals surface area contributed by atoms with Crippen molar-refractivity contribution in [2.24, 2.45) is 0 Å². The smallest absolute Gasteiger partial charge is 0.267 e. The molecule has 5 heteroatoms. The lowest BCUT2D eigenvalue weighted by Crippen LogP contribution is -2.15. The summed E-state index contributed by atoms with van der Waals surface area (Å²) in [4.78, 5) is 0. The van der Waals surface area contributed by atoms with Crippen LogP contribution in [0, 0.1) is 0 Å². The number of rotatable bonds is 3. The van der Waals surface area contributed by atoms with E-state index in [1.54, 1.807) is 6.92 Å². The molecule has 0 bridgehead atoms. The Morgan fingerprint density at radius 2 is 2.20 bits per heavy atom. The molecule has 0 aromatic heterocycles. The highest BCUT2D eigenvalue weighted by molar-refractivity contribution is 7.86. The Balaban J connectivity index is 2.22. The molecule has 82 valence electrons. The number of para-hydroxylation sites is 1. The van der Waals surface area contributed by atoms with Crippen molar-refractivity contribution in [3.8, 4) is 0 Å². The van der Waals surface area contributed by atoms with Crippen LogP contribution in [0.1, 0.15) is 18.6 Å². The van der Waals surface area contributed by atoms with Crippen LogP contribution in [0.4, 0.5) is 5.69 Å². The molecule has 1 aromatic rings. The second kappa shape index (κ2) is 3.83. The van der Waals surface area contributed by atoms with Crippen LogP contribution in [-0.2, 0) is 14.3 Å². The van der Waals surface area contributed by atoms with Gasteiger partial charge in [0.15, 0.2) is 0 Å². The van der Waals surface area contributed by atoms with Gasteiger partial charge in [-0.1, -0.05) is 18.2 Å². The minimum Gasteiger partial charge on any atom is -0.382 e. The Hall–Kier alpha value is -1.07. The third-order valence-corrected chi connectivity index (χ3v) is 3.63. The molecule has 0 fully saturated rings. The number of hydrogen-bond acceptors (Lipinski definition) is 4. The number of anilines is 1. The summed E-state index contributed by atoms with van der Waals surface area (Å²) in [6.45, 7) is 2.09. The maximum atomic E-state index is 11.3. The quantitative estimate of drug-likeness (QED) is 0.795. The van der Waals surface area contributed by atoms with Crippen molar-refractivity contribution in [3.63, 3.8) is 0 Å². The lowest BCUT2D eigenvalue weighted by molar-refractivity contribution is 0.235. The van der Waals surface area contributed by atoms with E-state index in [4.69, 9.17) is 4.18 Å². The van der Waals surface area contributed by atoms with Gasteiger partial charge >= 0.3 is 0 Å². The van der Waals surface area contributed by atoms with E-state index < -0.39 is 10.1 Å². The Morgan fingerprint density at radius 1 is 1.47 bits per heavy atom. The first-order chi connectivity index (χ1) is 7.12. The molecular weight excluding hydrogens is 214 g/mol. The lowest BCUT2D eigenvalue weighted by atomic mass is 10.1. The molecule has 0 spiro atoms. The fraction of sp³-hybridized carbons (Fsp3) is 0.400. The van der Waals surface area contributed by atoms with Gasteiger partial charge in [-0.15, -0.1) is 0 Å². The highest BCUT2D eigenvalue weighted by Gasteiger charge is 2.26. The summed E-state index contributed by atoms with van der Waals surface area (Å²) >= 11 is 0. The van der Waals surface area contributed by atoms with Gasteiger partial charge in [-0.3, -0.25) is 4.18 Å². The monoisotopic (exact) mass is 227 g/mol. The van der Waals surface area contributed by atoms with Crippen molar-refractivity contribution in [2.75, 3.05) is 17.6 Å². The molecule has 1 heterocycles. The van der Waals surface area contributed by atoms with E-state index in [2.05, 4.69) is 5.32 Å². The molecule has 1 N–H and O–H groups in total. The Morgan fingerprint density at radius 3 is 2.93 bits per heavy atom. The summed E-state index contributed by atoms with van der Waals surface area (Å²) < 4.78 is 27.7. The van der Waals surface area contributed by atoms with Crippen LogP contribution >= 0.6 is 0 Å². The summed E-state index contributed by atoms with van der Waals surface area (Å²) in [5.74, 6) is 0.00562. The first-order valence-corrected chi connectivity index (χ1v) is 6.44. The fourth-order valence-electron chi connectivity index (χ4n) is 1.58. The van der Waals surface area contributed by atoms with E-state index in [1.807, 2.05) is 24.3 Å². The van der Waals surface area contributed by atoms with Gasteiger partial charge in [0.2, 0.25) is 0 Å². The van der Waals surface area contributed by atoms with Crippen molar-refractivity contribution in [2.45, 2.75) is 13.0 Å². The third kappa shape index (κ3) is 2.13. The minimum atomic E-state index is -3.39. The van der Waals surface area contributed by atoms with Crippen molar-refractivity contribution >= 4 is 15.8 Å². The maximum absolute atomic E-state index is 11.3. The van der Waals surface area contributed by atoms with E-state index in [0.717, 1.165) is 11.3 Å². The number of hydrogen-bond donors (Lipinski definition) is 1. The van der Waals surface area contributed by atoms with Gasteiger partial charge < -0.3 is 5.32 Å². The number of nitrogens with one attached hydrogen (secondary N) is 1. The second-order valence-electron chi connectivity index (χ2n) is 3.40. The lowest BCUT2D eigenvalue weighted by Gasteiger charge is -2.10. The van der Waals surface area contributed by atoms with Crippen LogP contribution in [0.25, 0.3) is 0 Å². The normalized spacial score (nSPS) is 19.7. The van der Waals surface area contributed by atoms with Crippen LogP contribution in [0.3, 0.4) is 0 Å². The predicted octanol–water partition coefficient (Wildman–Crippen LogP) is 1.52. The second-order valence-corrected chi connectivity index (χ2v) is 5.28. The van der Waals surface area contributed by atoms with Gasteiger partial charge in [0.25, 0.3) is 10.1 Å². The van der Waals surface area contributed by atoms with Crippen LogP contribution in [-0.4, -0.2) is 20.7 Å². The standard InChI is InChI=1S/C10H13NO3S/c1-2-15(12,13)14-10-7-11-9-6-4-3-5-8(9)10/h3-6,10-11H,2,7H2,1H3. The average Bonchev–Trinajstić information content (AvgIpc) is 2.62. The fourth-order valence-corrected chi connectivity index (χ4v) is 2.24. The summed E-state index contributed by atoms with van der Waals surface area (Å²) in [5.41, 5.74) is 1.86. The molecule has 15 heavy (non-hydrogen) atoms. The Kier molecular flexibility index (Phi) is 2.67. The summed E-state index contributed by atoms with van der Waals surface area (Å²) in [7, 11) is -3.39. The molecule has 1 unspecified atom stereocenters. The van der Waals surface area contributed by atoms with Crippen molar-refractivity contribution in [1.29, 1.82) is 0 Å². The molecule has 0 saturated heterocycles. The summed E-state index contributed by atoms with van der Waals surface area (Å²) in [5, 5.41) is 3.11. The topological polar surface area (TPSA) is 55.4 Å². The third-order valence-electron chi connectivity index (χ3n) is 2.40. The zero-order valence-corrected chi connectivity index (χ0v) is 9.25. The molecule has 1 aliphatic heterocycles. The van der Waals surface area contributed by atoms with Gasteiger partial charge in [-0.2, -0.15) is 8.42 Å². The first-order valence-electron chi connectivity index (χ1n) is 4.86. The molecule has 0 saturated carbocycles. The number of fused-ring (bicyclic) bond motifs is 1. The molecule has 1 aliphatic rings. The Labute approximate surface area is 89.4 Å². The maximum Gasteiger partial charge on any atom is 0.267 e. The molecule has 0 aliphatic carbocycles. The zero-order valence-electron chi connectivity index (χ0n) is 8.43. The van der Waals surface area contributed by atoms with Gasteiger partial charge in [0, 0.05) is 17.8 Å². The molecule has 4 nitrogen and oxygen atoms in total. The van der Waals surface area contributed by atoms with Gasteiger partial charge in [0.05, 0.1) is 5.75 Å². The van der Waals surface area contributed by atoms with Crippen LogP contribution < -0.4 is 5.32 Å². The van der Waals surface area contributed by atoms with Crippen molar-refractivity contribution in [1.82, 2.24) is 0 Å². The van der Waals surface area contributed by atoms with Crippen molar-refractivity contribution in [3.05, 3.63) is 29.8 Å². The molecule has 0 amide bonds. The molecular formula is C10H13NO3S. The molecule has 1 aromatic carbocycles. The number of benzene rings is 1. The first kappa shape index (κ1) is 10.4. The molecule has 0 radical (unpaired) electrons. The average molecular weight is 227 g/mol. The SMILES string of the molecule is CCS(=O)(=O)OC1CNc2ccccc21. The van der Waals surface area contributed by atoms with E-state index in [-0.39, 0.29) is 11.9 Å². The highest BCUT2D eigenvalue weighted by Crippen LogP contribution is 2.32. The molecule has 2 rings (SSSR count). The van der Waals surface area contributed by atoms with E-state index in [1.165, 1.54) is 0 Å². The highest BCUT2D eigenvalue weighted by atomic mass is 32.2. The van der Waals surface area contributed by atoms with Crippen LogP contribution in [0.5, 0.6) is 0 Å². The van der Waals surface area contributed by atoms with Gasteiger partial charge in [-0.05, 0) is 13.0 Å². The predicted molar refractivity (Wildman–Crippen MR) is 58.2 cm³/mol. The largest absolute Gasteiger partial charge is 0.382 e. The minimum absolute atomic E-state index is 0.00562. The zero-order chi connectivity index (χ0) is 10.9. The van der Waals surface area contributed by atoms with Crippen LogP contribution in [0.2, 0.25) is 0 Å². The van der Waals surface area contributed by atoms with Crippen molar-refractivity contribution < 1.29 is 12.6 Å².